The zero-order valence-corrected chi connectivity index (χ0v) is 9.50. The Bertz CT molecular complexity index is 299. The highest BCUT2D eigenvalue weighted by Gasteiger charge is 2.83. The van der Waals surface area contributed by atoms with Crippen LogP contribution < -0.4 is 0 Å². The predicted octanol–water partition coefficient (Wildman–Crippen LogP) is 3.81. The number of halogens is 9. The molecule has 0 saturated heterocycles. The Morgan fingerprint density at radius 1 is 0.842 bits per heavy atom. The molecule has 0 aliphatic rings. The van der Waals surface area contributed by atoms with Crippen molar-refractivity contribution in [1.29, 1.82) is 0 Å². The van der Waals surface area contributed by atoms with Crippen molar-refractivity contribution in [2.24, 2.45) is 0 Å². The molecule has 2 nitrogen and oxygen atoms in total. The molecule has 0 aromatic heterocycles. The van der Waals surface area contributed by atoms with Gasteiger partial charge in [0.05, 0.1) is 0 Å². The molecule has 0 rings (SSSR count). The summed E-state index contributed by atoms with van der Waals surface area (Å²) in [5, 5.41) is 0. The van der Waals surface area contributed by atoms with Gasteiger partial charge in [0.1, 0.15) is 0 Å². The van der Waals surface area contributed by atoms with Gasteiger partial charge >= 0.3 is 24.1 Å². The minimum Gasteiger partial charge on any atom is -0.353 e. The van der Waals surface area contributed by atoms with Crippen molar-refractivity contribution in [2.45, 2.75) is 44.3 Å². The van der Waals surface area contributed by atoms with Crippen LogP contribution in [0.25, 0.3) is 0 Å². The Labute approximate surface area is 101 Å². The maximum absolute atomic E-state index is 12.8. The molecule has 0 saturated carbocycles. The summed E-state index contributed by atoms with van der Waals surface area (Å²) < 4.78 is 118. The first-order valence-electron chi connectivity index (χ1n) is 4.70. The fourth-order valence-corrected chi connectivity index (χ4v) is 0.912. The predicted molar refractivity (Wildman–Crippen MR) is 43.1 cm³/mol. The van der Waals surface area contributed by atoms with Crippen molar-refractivity contribution in [3.8, 4) is 0 Å². The summed E-state index contributed by atoms with van der Waals surface area (Å²) in [6.07, 6.45) is -15.0. The van der Waals surface area contributed by atoms with E-state index in [1.807, 2.05) is 0 Å². The lowest BCUT2D eigenvalue weighted by Crippen LogP contribution is -2.62. The van der Waals surface area contributed by atoms with Gasteiger partial charge in [0.2, 0.25) is 0 Å². The molecule has 116 valence electrons. The molecule has 0 fully saturated rings. The summed E-state index contributed by atoms with van der Waals surface area (Å²) in [5.74, 6) is -13.8. The number of hydrogen-bond acceptors (Lipinski definition) is 2. The molecule has 0 amide bonds. The lowest BCUT2D eigenvalue weighted by molar-refractivity contribution is -0.459. The van der Waals surface area contributed by atoms with Gasteiger partial charge in [0, 0.05) is 6.61 Å². The highest BCUT2D eigenvalue weighted by atomic mass is 19.4. The quantitative estimate of drug-likeness (QED) is 0.549. The van der Waals surface area contributed by atoms with Crippen molar-refractivity contribution in [3.05, 3.63) is 0 Å². The van der Waals surface area contributed by atoms with Gasteiger partial charge in [-0.25, -0.2) is 0 Å². The third kappa shape index (κ3) is 3.44. The maximum atomic E-state index is 12.8. The van der Waals surface area contributed by atoms with Crippen molar-refractivity contribution in [1.82, 2.24) is 0 Å². The average Bonchev–Trinajstić information content (AvgIpc) is 2.14. The third-order valence-corrected chi connectivity index (χ3v) is 1.83. The average molecular weight is 308 g/mol. The zero-order chi connectivity index (χ0) is 15.7. The SMILES string of the molecule is CCOC(C)OC(F)(F)C(F)(F)C(F)(F)C(F)(F)F. The molecule has 1 unspecified atom stereocenters. The Hall–Kier alpha value is -0.710. The molecule has 0 spiro atoms. The van der Waals surface area contributed by atoms with E-state index in [9.17, 15) is 39.5 Å². The molecule has 1 atom stereocenters. The zero-order valence-electron chi connectivity index (χ0n) is 9.50. The molecule has 0 N–H and O–H groups in total. The van der Waals surface area contributed by atoms with Gasteiger partial charge in [-0.1, -0.05) is 0 Å². The van der Waals surface area contributed by atoms with Gasteiger partial charge < -0.3 is 4.74 Å². The van der Waals surface area contributed by atoms with E-state index in [0.717, 1.165) is 0 Å². The van der Waals surface area contributed by atoms with Gasteiger partial charge in [0.15, 0.2) is 6.29 Å². The van der Waals surface area contributed by atoms with Gasteiger partial charge in [-0.05, 0) is 13.8 Å². The van der Waals surface area contributed by atoms with E-state index >= 15 is 0 Å². The lowest BCUT2D eigenvalue weighted by Gasteiger charge is -2.34. The van der Waals surface area contributed by atoms with E-state index in [4.69, 9.17) is 0 Å². The summed E-state index contributed by atoms with van der Waals surface area (Å²) in [7, 11) is 0. The van der Waals surface area contributed by atoms with E-state index in [1.54, 1.807) is 0 Å². The standard InChI is InChI=1S/C8H9F9O2/c1-3-18-4(2)19-8(16,17)6(11,12)5(9,10)7(13,14)15/h4H,3H2,1-2H3. The first-order valence-corrected chi connectivity index (χ1v) is 4.70. The first-order chi connectivity index (χ1) is 8.20. The second-order valence-corrected chi connectivity index (χ2v) is 3.30. The second-order valence-electron chi connectivity index (χ2n) is 3.30. The highest BCUT2D eigenvalue weighted by molar-refractivity contribution is 4.96. The van der Waals surface area contributed by atoms with Crippen molar-refractivity contribution in [3.63, 3.8) is 0 Å². The van der Waals surface area contributed by atoms with E-state index < -0.39 is 30.4 Å². The summed E-state index contributed by atoms with van der Waals surface area (Å²) in [6.45, 7) is 1.57. The first kappa shape index (κ1) is 18.3. The van der Waals surface area contributed by atoms with E-state index in [0.29, 0.717) is 6.92 Å². The van der Waals surface area contributed by atoms with E-state index in [2.05, 4.69) is 9.47 Å². The highest BCUT2D eigenvalue weighted by Crippen LogP contribution is 2.53. The number of rotatable bonds is 6. The molecule has 0 radical (unpaired) electrons. The molecule has 0 heterocycles. The van der Waals surface area contributed by atoms with Crippen LogP contribution in [0.5, 0.6) is 0 Å². The van der Waals surface area contributed by atoms with Crippen LogP contribution in [0.15, 0.2) is 0 Å². The van der Waals surface area contributed by atoms with Gasteiger partial charge in [-0.2, -0.15) is 39.5 Å². The summed E-state index contributed by atoms with van der Waals surface area (Å²) in [4.78, 5) is 0. The molecule has 0 aromatic rings. The Morgan fingerprint density at radius 2 is 1.26 bits per heavy atom. The topological polar surface area (TPSA) is 18.5 Å². The Morgan fingerprint density at radius 3 is 1.58 bits per heavy atom. The summed E-state index contributed by atoms with van der Waals surface area (Å²) in [6, 6.07) is 0. The van der Waals surface area contributed by atoms with Gasteiger partial charge in [-0.3, -0.25) is 4.74 Å². The van der Waals surface area contributed by atoms with Gasteiger partial charge in [-0.15, -0.1) is 0 Å². The number of hydrogen-bond donors (Lipinski definition) is 0. The van der Waals surface area contributed by atoms with Crippen molar-refractivity contribution < 1.29 is 49.0 Å². The molecular weight excluding hydrogens is 299 g/mol. The molecule has 0 aliphatic heterocycles. The van der Waals surface area contributed by atoms with Crippen LogP contribution in [-0.2, 0) is 9.47 Å². The van der Waals surface area contributed by atoms with E-state index in [1.165, 1.54) is 6.92 Å². The minimum absolute atomic E-state index is 0.307. The smallest absolute Gasteiger partial charge is 0.353 e. The monoisotopic (exact) mass is 308 g/mol. The number of alkyl halides is 9. The Balaban J connectivity index is 5.27. The summed E-state index contributed by atoms with van der Waals surface area (Å²) >= 11 is 0. The van der Waals surface area contributed by atoms with Gasteiger partial charge in [0.25, 0.3) is 0 Å². The minimum atomic E-state index is -6.96. The normalized spacial score (nSPS) is 16.6. The molecule has 0 aliphatic carbocycles. The molecule has 11 heteroatoms. The molecule has 0 aromatic carbocycles. The second kappa shape index (κ2) is 5.35. The van der Waals surface area contributed by atoms with Crippen LogP contribution in [0, 0.1) is 0 Å². The fraction of sp³-hybridized carbons (Fsp3) is 1.00. The van der Waals surface area contributed by atoms with Crippen LogP contribution in [0.3, 0.4) is 0 Å². The summed E-state index contributed by atoms with van der Waals surface area (Å²) in [5.41, 5.74) is 0. The largest absolute Gasteiger partial charge is 0.460 e. The van der Waals surface area contributed by atoms with Crippen molar-refractivity contribution in [2.75, 3.05) is 6.61 Å². The third-order valence-electron chi connectivity index (χ3n) is 1.83. The van der Waals surface area contributed by atoms with Crippen LogP contribution in [-0.4, -0.2) is 37.0 Å². The molecular formula is C8H9F9O2. The maximum Gasteiger partial charge on any atom is 0.460 e. The van der Waals surface area contributed by atoms with Crippen molar-refractivity contribution >= 4 is 0 Å². The molecule has 0 bridgehead atoms. The van der Waals surface area contributed by atoms with Crippen LogP contribution in [0.2, 0.25) is 0 Å². The Kier molecular flexibility index (Phi) is 5.15. The fourth-order valence-electron chi connectivity index (χ4n) is 0.912. The van der Waals surface area contributed by atoms with Crippen LogP contribution >= 0.6 is 0 Å². The molecule has 19 heavy (non-hydrogen) atoms. The van der Waals surface area contributed by atoms with E-state index in [-0.39, 0.29) is 6.61 Å². The van der Waals surface area contributed by atoms with Crippen LogP contribution in [0.4, 0.5) is 39.5 Å². The lowest BCUT2D eigenvalue weighted by atomic mass is 10.1. The van der Waals surface area contributed by atoms with Crippen LogP contribution in [0.1, 0.15) is 13.8 Å². The number of ether oxygens (including phenoxy) is 2.